The maximum absolute atomic E-state index is 11.4. The van der Waals surface area contributed by atoms with Crippen molar-refractivity contribution in [1.82, 2.24) is 0 Å². The van der Waals surface area contributed by atoms with Crippen LogP contribution in [0.15, 0.2) is 129 Å². The van der Waals surface area contributed by atoms with Gasteiger partial charge in [-0.3, -0.25) is 9.59 Å². The van der Waals surface area contributed by atoms with Crippen LogP contribution in [0.1, 0.15) is 31.8 Å². The van der Waals surface area contributed by atoms with Crippen molar-refractivity contribution in [3.63, 3.8) is 0 Å². The van der Waals surface area contributed by atoms with Gasteiger partial charge in [-0.1, -0.05) is 72.1 Å². The van der Waals surface area contributed by atoms with Crippen molar-refractivity contribution in [2.45, 2.75) is 32.7 Å². The average Bonchev–Trinajstić information content (AvgIpc) is 3.01. The Bertz CT molecular complexity index is 1640. The number of fused-ring (bicyclic) bond motifs is 4. The minimum Gasteiger partial charge on any atom is -0.335 e. The summed E-state index contributed by atoms with van der Waals surface area (Å²) in [5.74, 6) is 0. The van der Waals surface area contributed by atoms with E-state index in [1.165, 1.54) is 32.3 Å². The SMILES string of the molecule is O=Cc1ccc2c(c1)Sc1ccccc1N2Cc1ccc(CN2c3ccccc3Sc3cc(C=O)ccc32)cc1. The van der Waals surface area contributed by atoms with Crippen molar-refractivity contribution >= 4 is 58.8 Å². The summed E-state index contributed by atoms with van der Waals surface area (Å²) in [7, 11) is 0. The predicted octanol–water partition coefficient (Wildman–Crippen LogP) is 8.92. The third kappa shape index (κ3) is 4.49. The molecule has 5 aromatic rings. The zero-order valence-electron chi connectivity index (χ0n) is 21.5. The number of para-hydroxylation sites is 2. The Kier molecular flexibility index (Phi) is 6.42. The van der Waals surface area contributed by atoms with Gasteiger partial charge in [-0.15, -0.1) is 0 Å². The second kappa shape index (κ2) is 10.4. The summed E-state index contributed by atoms with van der Waals surface area (Å²) in [6, 6.07) is 37.5. The van der Waals surface area contributed by atoms with Crippen molar-refractivity contribution in [2.75, 3.05) is 9.80 Å². The van der Waals surface area contributed by atoms with E-state index in [2.05, 4.69) is 94.7 Å². The minimum absolute atomic E-state index is 0.691. The molecule has 0 saturated heterocycles. The number of rotatable bonds is 6. The van der Waals surface area contributed by atoms with Crippen LogP contribution >= 0.6 is 23.5 Å². The molecule has 0 fully saturated rings. The number of hydrogen-bond donors (Lipinski definition) is 0. The first kappa shape index (κ1) is 24.8. The van der Waals surface area contributed by atoms with E-state index in [1.54, 1.807) is 23.5 Å². The molecule has 0 atom stereocenters. The Hall–Kier alpha value is -4.26. The molecule has 0 bridgehead atoms. The van der Waals surface area contributed by atoms with E-state index in [1.807, 2.05) is 24.3 Å². The molecule has 0 spiro atoms. The first-order valence-electron chi connectivity index (χ1n) is 13.1. The zero-order valence-corrected chi connectivity index (χ0v) is 23.1. The van der Waals surface area contributed by atoms with Gasteiger partial charge in [-0.25, -0.2) is 0 Å². The normalized spacial score (nSPS) is 13.1. The Morgan fingerprint density at radius 1 is 0.475 bits per heavy atom. The number of carbonyl (C=O) groups excluding carboxylic acids is 2. The van der Waals surface area contributed by atoms with Crippen LogP contribution in [0, 0.1) is 0 Å². The maximum atomic E-state index is 11.4. The monoisotopic (exact) mass is 556 g/mol. The molecule has 6 heteroatoms. The van der Waals surface area contributed by atoms with Gasteiger partial charge in [0, 0.05) is 43.8 Å². The lowest BCUT2D eigenvalue weighted by Crippen LogP contribution is -2.21. The van der Waals surface area contributed by atoms with E-state index in [-0.39, 0.29) is 0 Å². The fourth-order valence-corrected chi connectivity index (χ4v) is 7.59. The molecule has 0 radical (unpaired) electrons. The highest BCUT2D eigenvalue weighted by Crippen LogP contribution is 2.50. The molecule has 0 saturated carbocycles. The molecule has 194 valence electrons. The van der Waals surface area contributed by atoms with Gasteiger partial charge in [0.15, 0.2) is 0 Å². The van der Waals surface area contributed by atoms with E-state index in [9.17, 15) is 9.59 Å². The highest BCUT2D eigenvalue weighted by molar-refractivity contribution is 8.00. The molecule has 40 heavy (non-hydrogen) atoms. The molecule has 5 aromatic carbocycles. The Balaban J connectivity index is 1.18. The van der Waals surface area contributed by atoms with Crippen LogP contribution in [0.25, 0.3) is 0 Å². The third-order valence-corrected chi connectivity index (χ3v) is 9.50. The van der Waals surface area contributed by atoms with E-state index in [4.69, 9.17) is 0 Å². The smallest absolute Gasteiger partial charge is 0.150 e. The van der Waals surface area contributed by atoms with Crippen LogP contribution in [0.5, 0.6) is 0 Å². The predicted molar refractivity (Wildman–Crippen MR) is 163 cm³/mol. The van der Waals surface area contributed by atoms with E-state index >= 15 is 0 Å². The lowest BCUT2D eigenvalue weighted by atomic mass is 10.1. The fraction of sp³-hybridized carbons (Fsp3) is 0.0588. The van der Waals surface area contributed by atoms with Gasteiger partial charge in [0.05, 0.1) is 22.7 Å². The van der Waals surface area contributed by atoms with Crippen LogP contribution in [0.3, 0.4) is 0 Å². The highest BCUT2D eigenvalue weighted by Gasteiger charge is 2.25. The third-order valence-electron chi connectivity index (χ3n) is 7.28. The molecule has 7 rings (SSSR count). The van der Waals surface area contributed by atoms with Crippen LogP contribution in [-0.4, -0.2) is 12.6 Å². The summed E-state index contributed by atoms with van der Waals surface area (Å²) in [6.07, 6.45) is 1.81. The van der Waals surface area contributed by atoms with Crippen molar-refractivity contribution in [3.05, 3.63) is 131 Å². The number of aldehydes is 2. The number of carbonyl (C=O) groups is 2. The standard InChI is InChI=1S/C34H24N2O2S2/c37-21-25-13-15-29-33(17-25)39-31-7-3-1-5-27(31)35(29)19-23-9-11-24(12-10-23)20-36-28-6-2-4-8-32(28)40-34-18-26(22-38)14-16-30(34)36/h1-18,21-22H,19-20H2. The molecular formula is C34H24N2O2S2. The van der Waals surface area contributed by atoms with Gasteiger partial charge in [-0.2, -0.15) is 0 Å². The van der Waals surface area contributed by atoms with E-state index in [0.29, 0.717) is 11.1 Å². The molecule has 4 nitrogen and oxygen atoms in total. The largest absolute Gasteiger partial charge is 0.335 e. The lowest BCUT2D eigenvalue weighted by Gasteiger charge is -2.33. The molecule has 2 heterocycles. The second-order valence-electron chi connectivity index (χ2n) is 9.82. The van der Waals surface area contributed by atoms with Crippen LogP contribution in [-0.2, 0) is 13.1 Å². The van der Waals surface area contributed by atoms with Crippen LogP contribution < -0.4 is 9.80 Å². The number of nitrogens with zero attached hydrogens (tertiary/aromatic N) is 2. The fourth-order valence-electron chi connectivity index (χ4n) is 5.30. The molecule has 0 N–H and O–H groups in total. The minimum atomic E-state index is 0.691. The zero-order chi connectivity index (χ0) is 27.1. The van der Waals surface area contributed by atoms with Gasteiger partial charge < -0.3 is 9.80 Å². The van der Waals surface area contributed by atoms with Crippen LogP contribution in [0.2, 0.25) is 0 Å². The van der Waals surface area contributed by atoms with Crippen molar-refractivity contribution in [1.29, 1.82) is 0 Å². The van der Waals surface area contributed by atoms with Crippen molar-refractivity contribution in [3.8, 4) is 0 Å². The Morgan fingerprint density at radius 3 is 1.30 bits per heavy atom. The van der Waals surface area contributed by atoms with Gasteiger partial charge in [0.1, 0.15) is 12.6 Å². The van der Waals surface area contributed by atoms with Gasteiger partial charge in [0.2, 0.25) is 0 Å². The first-order chi connectivity index (χ1) is 19.7. The molecule has 2 aliphatic heterocycles. The first-order valence-corrected chi connectivity index (χ1v) is 14.7. The quantitative estimate of drug-likeness (QED) is 0.195. The molecule has 0 aromatic heterocycles. The van der Waals surface area contributed by atoms with Gasteiger partial charge >= 0.3 is 0 Å². The molecular weight excluding hydrogens is 533 g/mol. The molecule has 0 unspecified atom stereocenters. The number of hydrogen-bond acceptors (Lipinski definition) is 6. The van der Waals surface area contributed by atoms with Gasteiger partial charge in [-0.05, 0) is 71.8 Å². The summed E-state index contributed by atoms with van der Waals surface area (Å²) in [6.45, 7) is 1.46. The summed E-state index contributed by atoms with van der Waals surface area (Å²) in [4.78, 5) is 32.1. The second-order valence-corrected chi connectivity index (χ2v) is 12.0. The summed E-state index contributed by atoms with van der Waals surface area (Å²) in [5, 5.41) is 0. The number of anilines is 4. The summed E-state index contributed by atoms with van der Waals surface area (Å²) >= 11 is 3.42. The lowest BCUT2D eigenvalue weighted by molar-refractivity contribution is 0.111. The van der Waals surface area contributed by atoms with Crippen LogP contribution in [0.4, 0.5) is 22.7 Å². The topological polar surface area (TPSA) is 40.6 Å². The maximum Gasteiger partial charge on any atom is 0.150 e. The summed E-state index contributed by atoms with van der Waals surface area (Å²) in [5.41, 5.74) is 8.39. The van der Waals surface area contributed by atoms with Gasteiger partial charge in [0.25, 0.3) is 0 Å². The molecule has 0 aliphatic carbocycles. The summed E-state index contributed by atoms with van der Waals surface area (Å²) < 4.78 is 0. The Morgan fingerprint density at radius 2 is 0.875 bits per heavy atom. The molecule has 0 amide bonds. The van der Waals surface area contributed by atoms with E-state index in [0.717, 1.165) is 46.8 Å². The van der Waals surface area contributed by atoms with E-state index < -0.39 is 0 Å². The average molecular weight is 557 g/mol. The molecule has 2 aliphatic rings. The number of benzene rings is 5. The van der Waals surface area contributed by atoms with Crippen molar-refractivity contribution in [2.24, 2.45) is 0 Å². The van der Waals surface area contributed by atoms with Crippen molar-refractivity contribution < 1.29 is 9.59 Å². The Labute approximate surface area is 241 Å². The highest BCUT2D eigenvalue weighted by atomic mass is 32.2.